The van der Waals surface area contributed by atoms with Crippen molar-refractivity contribution >= 4 is 15.9 Å². The summed E-state index contributed by atoms with van der Waals surface area (Å²) in [4.78, 5) is 4.81. The highest BCUT2D eigenvalue weighted by Gasteiger charge is 2.06. The number of hydrogen-bond acceptors (Lipinski definition) is 2. The van der Waals surface area contributed by atoms with Crippen molar-refractivity contribution in [1.82, 2.24) is 9.80 Å². The Labute approximate surface area is 97.8 Å². The van der Waals surface area contributed by atoms with E-state index in [2.05, 4.69) is 53.7 Å². The van der Waals surface area contributed by atoms with Gasteiger partial charge in [0, 0.05) is 25.0 Å². The first kappa shape index (κ1) is 14.4. The van der Waals surface area contributed by atoms with Crippen molar-refractivity contribution in [3.05, 3.63) is 0 Å². The van der Waals surface area contributed by atoms with Crippen LogP contribution in [-0.2, 0) is 0 Å². The van der Waals surface area contributed by atoms with Crippen LogP contribution in [-0.4, -0.2) is 55.4 Å². The smallest absolute Gasteiger partial charge is 0.0109 e. The van der Waals surface area contributed by atoms with Crippen LogP contribution in [0, 0.1) is 5.92 Å². The van der Waals surface area contributed by atoms with E-state index in [1.54, 1.807) is 0 Å². The molecule has 0 atom stereocenters. The van der Waals surface area contributed by atoms with Gasteiger partial charge in [0.2, 0.25) is 0 Å². The molecule has 0 aliphatic heterocycles. The lowest BCUT2D eigenvalue weighted by atomic mass is 10.2. The fraction of sp³-hybridized carbons (Fsp3) is 1.00. The molecule has 0 aromatic carbocycles. The van der Waals surface area contributed by atoms with Crippen LogP contribution in [0.2, 0.25) is 0 Å². The fourth-order valence-electron chi connectivity index (χ4n) is 1.44. The Bertz CT molecular complexity index is 126. The Balaban J connectivity index is 3.72. The van der Waals surface area contributed by atoms with Gasteiger partial charge in [-0.15, -0.1) is 0 Å². The van der Waals surface area contributed by atoms with Gasteiger partial charge in [0.15, 0.2) is 0 Å². The van der Waals surface area contributed by atoms with Gasteiger partial charge in [-0.1, -0.05) is 29.8 Å². The molecule has 0 radical (unpaired) electrons. The highest BCUT2D eigenvalue weighted by atomic mass is 79.9. The monoisotopic (exact) mass is 264 g/mol. The lowest BCUT2D eigenvalue weighted by Gasteiger charge is -2.25. The third kappa shape index (κ3) is 8.97. The van der Waals surface area contributed by atoms with Crippen LogP contribution in [0.3, 0.4) is 0 Å². The van der Waals surface area contributed by atoms with Gasteiger partial charge in [-0.2, -0.15) is 0 Å². The molecule has 0 saturated carbocycles. The van der Waals surface area contributed by atoms with E-state index in [4.69, 9.17) is 0 Å². The second-order valence-electron chi connectivity index (χ2n) is 4.54. The minimum atomic E-state index is 0.771. The van der Waals surface area contributed by atoms with Gasteiger partial charge < -0.3 is 9.80 Å². The molecule has 0 aromatic heterocycles. The largest absolute Gasteiger partial charge is 0.308 e. The summed E-state index contributed by atoms with van der Waals surface area (Å²) in [6, 6.07) is 0. The average Bonchev–Trinajstić information content (AvgIpc) is 2.09. The van der Waals surface area contributed by atoms with Gasteiger partial charge in [-0.3, -0.25) is 0 Å². The molecule has 0 saturated heterocycles. The van der Waals surface area contributed by atoms with Crippen LogP contribution in [0.5, 0.6) is 0 Å². The van der Waals surface area contributed by atoms with E-state index in [1.807, 2.05) is 0 Å². The molecule has 0 aliphatic rings. The molecule has 0 N–H and O–H groups in total. The molecule has 0 amide bonds. The van der Waals surface area contributed by atoms with Crippen LogP contribution in [0.15, 0.2) is 0 Å². The van der Waals surface area contributed by atoms with E-state index in [0.717, 1.165) is 17.8 Å². The van der Waals surface area contributed by atoms with Gasteiger partial charge >= 0.3 is 0 Å². The predicted octanol–water partition coefficient (Wildman–Crippen LogP) is 2.29. The van der Waals surface area contributed by atoms with Crippen LogP contribution < -0.4 is 0 Å². The quantitative estimate of drug-likeness (QED) is 0.621. The van der Waals surface area contributed by atoms with E-state index in [-0.39, 0.29) is 0 Å². The highest BCUT2D eigenvalue weighted by molar-refractivity contribution is 9.09. The first-order chi connectivity index (χ1) is 6.56. The molecule has 3 heteroatoms. The molecular formula is C11H25BrN2. The van der Waals surface area contributed by atoms with Crippen molar-refractivity contribution in [2.75, 3.05) is 45.6 Å². The molecule has 0 aliphatic carbocycles. The topological polar surface area (TPSA) is 6.48 Å². The Morgan fingerprint density at radius 3 is 2.14 bits per heavy atom. The molecule has 0 fully saturated rings. The highest BCUT2D eigenvalue weighted by Crippen LogP contribution is 2.01. The van der Waals surface area contributed by atoms with Crippen molar-refractivity contribution in [1.29, 1.82) is 0 Å². The van der Waals surface area contributed by atoms with E-state index < -0.39 is 0 Å². The zero-order valence-electron chi connectivity index (χ0n) is 10.1. The minimum Gasteiger partial charge on any atom is -0.308 e. The lowest BCUT2D eigenvalue weighted by Crippen LogP contribution is -2.35. The molecular weight excluding hydrogens is 240 g/mol. The SMILES string of the molecule is CC(C)CN(CCCBr)CCN(C)C. The van der Waals surface area contributed by atoms with Crippen LogP contribution in [0.1, 0.15) is 20.3 Å². The van der Waals surface area contributed by atoms with Gasteiger partial charge in [0.1, 0.15) is 0 Å². The second-order valence-corrected chi connectivity index (χ2v) is 5.33. The van der Waals surface area contributed by atoms with Crippen LogP contribution >= 0.6 is 15.9 Å². The zero-order chi connectivity index (χ0) is 11.0. The summed E-state index contributed by atoms with van der Waals surface area (Å²) in [6.07, 6.45) is 1.25. The summed E-state index contributed by atoms with van der Waals surface area (Å²) in [6.45, 7) is 9.37. The van der Waals surface area contributed by atoms with E-state index >= 15 is 0 Å². The summed E-state index contributed by atoms with van der Waals surface area (Å²) in [5, 5.41) is 1.11. The van der Waals surface area contributed by atoms with Crippen LogP contribution in [0.25, 0.3) is 0 Å². The summed E-state index contributed by atoms with van der Waals surface area (Å²) in [5.74, 6) is 0.771. The van der Waals surface area contributed by atoms with E-state index in [1.165, 1.54) is 26.1 Å². The van der Waals surface area contributed by atoms with Crippen molar-refractivity contribution in [2.24, 2.45) is 5.92 Å². The molecule has 2 nitrogen and oxygen atoms in total. The molecule has 14 heavy (non-hydrogen) atoms. The maximum Gasteiger partial charge on any atom is 0.0109 e. The molecule has 0 rings (SSSR count). The fourth-order valence-corrected chi connectivity index (χ4v) is 1.69. The summed E-state index contributed by atoms with van der Waals surface area (Å²) in [5.41, 5.74) is 0. The Morgan fingerprint density at radius 1 is 1.07 bits per heavy atom. The summed E-state index contributed by atoms with van der Waals surface area (Å²) < 4.78 is 0. The molecule has 0 aromatic rings. The number of halogens is 1. The first-order valence-corrected chi connectivity index (χ1v) is 6.61. The number of alkyl halides is 1. The van der Waals surface area contributed by atoms with Crippen molar-refractivity contribution in [3.63, 3.8) is 0 Å². The van der Waals surface area contributed by atoms with Crippen molar-refractivity contribution in [2.45, 2.75) is 20.3 Å². The molecule has 0 bridgehead atoms. The molecule has 86 valence electrons. The summed E-state index contributed by atoms with van der Waals surface area (Å²) >= 11 is 3.49. The lowest BCUT2D eigenvalue weighted by molar-refractivity contribution is 0.220. The van der Waals surface area contributed by atoms with Gasteiger partial charge in [-0.05, 0) is 33.0 Å². The number of rotatable bonds is 8. The van der Waals surface area contributed by atoms with Gasteiger partial charge in [0.05, 0.1) is 0 Å². The average molecular weight is 265 g/mol. The van der Waals surface area contributed by atoms with Crippen LogP contribution in [0.4, 0.5) is 0 Å². The maximum atomic E-state index is 3.49. The predicted molar refractivity (Wildman–Crippen MR) is 68.2 cm³/mol. The minimum absolute atomic E-state index is 0.771. The third-order valence-corrected chi connectivity index (χ3v) is 2.66. The Morgan fingerprint density at radius 2 is 1.71 bits per heavy atom. The van der Waals surface area contributed by atoms with Crippen molar-refractivity contribution in [3.8, 4) is 0 Å². The first-order valence-electron chi connectivity index (χ1n) is 5.49. The molecule has 0 unspecified atom stereocenters. The second kappa shape index (κ2) is 8.69. The number of likely N-dealkylation sites (N-methyl/N-ethyl adjacent to an activating group) is 1. The molecule has 0 spiro atoms. The van der Waals surface area contributed by atoms with Gasteiger partial charge in [0.25, 0.3) is 0 Å². The Kier molecular flexibility index (Phi) is 8.94. The number of hydrogen-bond donors (Lipinski definition) is 0. The standard InChI is InChI=1S/C11H25BrN2/c1-11(2)10-14(7-5-6-12)9-8-13(3)4/h11H,5-10H2,1-4H3. The van der Waals surface area contributed by atoms with Gasteiger partial charge in [-0.25, -0.2) is 0 Å². The van der Waals surface area contributed by atoms with E-state index in [0.29, 0.717) is 0 Å². The Hall–Kier alpha value is 0.400. The summed E-state index contributed by atoms with van der Waals surface area (Å²) in [7, 11) is 4.27. The number of nitrogens with zero attached hydrogens (tertiary/aromatic N) is 2. The third-order valence-electron chi connectivity index (χ3n) is 2.09. The molecule has 0 heterocycles. The maximum absolute atomic E-state index is 3.49. The normalized spacial score (nSPS) is 12.0. The van der Waals surface area contributed by atoms with Crippen molar-refractivity contribution < 1.29 is 0 Å². The zero-order valence-corrected chi connectivity index (χ0v) is 11.7. The van der Waals surface area contributed by atoms with E-state index in [9.17, 15) is 0 Å².